The molecule has 29 heavy (non-hydrogen) atoms. The highest BCUT2D eigenvalue weighted by Gasteiger charge is 2.14. The predicted octanol–water partition coefficient (Wildman–Crippen LogP) is 2.85. The highest BCUT2D eigenvalue weighted by atomic mass is 16.5. The SMILES string of the molecule is COc1cccc(/C=C/C(=O)N(CCCN2CCOCC2)Cc2ccncc2)c1. The van der Waals surface area contributed by atoms with Gasteiger partial charge in [0.2, 0.25) is 5.91 Å². The lowest BCUT2D eigenvalue weighted by molar-refractivity contribution is -0.126. The van der Waals surface area contributed by atoms with E-state index >= 15 is 0 Å². The number of morpholine rings is 1. The molecule has 1 aromatic heterocycles. The predicted molar refractivity (Wildman–Crippen MR) is 114 cm³/mol. The molecule has 0 unspecified atom stereocenters. The number of carbonyl (C=O) groups is 1. The molecule has 6 nitrogen and oxygen atoms in total. The van der Waals surface area contributed by atoms with Crippen molar-refractivity contribution in [3.8, 4) is 5.75 Å². The average Bonchev–Trinajstić information content (AvgIpc) is 2.78. The van der Waals surface area contributed by atoms with Crippen LogP contribution in [-0.4, -0.2) is 67.2 Å². The molecule has 0 atom stereocenters. The first-order valence-electron chi connectivity index (χ1n) is 10.0. The molecule has 0 radical (unpaired) electrons. The van der Waals surface area contributed by atoms with Crippen LogP contribution in [0, 0.1) is 0 Å². The smallest absolute Gasteiger partial charge is 0.246 e. The van der Waals surface area contributed by atoms with Crippen molar-refractivity contribution in [3.05, 3.63) is 66.0 Å². The van der Waals surface area contributed by atoms with Crippen LogP contribution in [0.15, 0.2) is 54.9 Å². The maximum Gasteiger partial charge on any atom is 0.246 e. The molecule has 0 N–H and O–H groups in total. The van der Waals surface area contributed by atoms with Crippen LogP contribution in [0.5, 0.6) is 5.75 Å². The van der Waals surface area contributed by atoms with Crippen molar-refractivity contribution >= 4 is 12.0 Å². The van der Waals surface area contributed by atoms with E-state index in [-0.39, 0.29) is 5.91 Å². The Morgan fingerprint density at radius 3 is 2.79 bits per heavy atom. The van der Waals surface area contributed by atoms with Gasteiger partial charge in [0.05, 0.1) is 20.3 Å². The first kappa shape index (κ1) is 21.0. The fraction of sp³-hybridized carbons (Fsp3) is 0.391. The second-order valence-corrected chi connectivity index (χ2v) is 7.03. The zero-order valence-electron chi connectivity index (χ0n) is 17.0. The minimum Gasteiger partial charge on any atom is -0.497 e. The molecule has 2 heterocycles. The van der Waals surface area contributed by atoms with Crippen molar-refractivity contribution in [2.45, 2.75) is 13.0 Å². The lowest BCUT2D eigenvalue weighted by Crippen LogP contribution is -2.38. The van der Waals surface area contributed by atoms with Gasteiger partial charge < -0.3 is 14.4 Å². The van der Waals surface area contributed by atoms with Gasteiger partial charge in [-0.25, -0.2) is 0 Å². The Morgan fingerprint density at radius 1 is 1.24 bits per heavy atom. The van der Waals surface area contributed by atoms with Crippen LogP contribution in [0.1, 0.15) is 17.5 Å². The average molecular weight is 396 g/mol. The number of benzene rings is 1. The summed E-state index contributed by atoms with van der Waals surface area (Å²) >= 11 is 0. The van der Waals surface area contributed by atoms with Gasteiger partial charge in [-0.2, -0.15) is 0 Å². The fourth-order valence-corrected chi connectivity index (χ4v) is 3.30. The Balaban J connectivity index is 1.62. The molecule has 3 rings (SSSR count). The number of pyridine rings is 1. The first-order chi connectivity index (χ1) is 14.2. The highest BCUT2D eigenvalue weighted by molar-refractivity contribution is 5.91. The van der Waals surface area contributed by atoms with E-state index in [1.54, 1.807) is 25.6 Å². The summed E-state index contributed by atoms with van der Waals surface area (Å²) in [6.45, 7) is 5.78. The van der Waals surface area contributed by atoms with Gasteiger partial charge in [-0.15, -0.1) is 0 Å². The van der Waals surface area contributed by atoms with Crippen molar-refractivity contribution in [1.82, 2.24) is 14.8 Å². The molecule has 2 aromatic rings. The van der Waals surface area contributed by atoms with Gasteiger partial charge in [-0.3, -0.25) is 14.7 Å². The van der Waals surface area contributed by atoms with Crippen molar-refractivity contribution < 1.29 is 14.3 Å². The van der Waals surface area contributed by atoms with Crippen molar-refractivity contribution in [2.75, 3.05) is 46.5 Å². The molecule has 0 bridgehead atoms. The van der Waals surface area contributed by atoms with Gasteiger partial charge in [-0.1, -0.05) is 12.1 Å². The number of aromatic nitrogens is 1. The largest absolute Gasteiger partial charge is 0.497 e. The Hall–Kier alpha value is -2.70. The highest BCUT2D eigenvalue weighted by Crippen LogP contribution is 2.14. The number of hydrogen-bond acceptors (Lipinski definition) is 5. The zero-order valence-corrected chi connectivity index (χ0v) is 17.0. The third-order valence-electron chi connectivity index (χ3n) is 4.95. The maximum atomic E-state index is 12.9. The van der Waals surface area contributed by atoms with E-state index in [0.717, 1.165) is 56.1 Å². The van der Waals surface area contributed by atoms with Crippen LogP contribution in [0.3, 0.4) is 0 Å². The molecular formula is C23H29N3O3. The summed E-state index contributed by atoms with van der Waals surface area (Å²) in [4.78, 5) is 21.3. The number of nitrogens with zero attached hydrogens (tertiary/aromatic N) is 3. The van der Waals surface area contributed by atoms with E-state index in [4.69, 9.17) is 9.47 Å². The molecular weight excluding hydrogens is 366 g/mol. The van der Waals surface area contributed by atoms with Crippen LogP contribution < -0.4 is 4.74 Å². The lowest BCUT2D eigenvalue weighted by atomic mass is 10.2. The van der Waals surface area contributed by atoms with Crippen LogP contribution in [0.4, 0.5) is 0 Å². The summed E-state index contributed by atoms with van der Waals surface area (Å²) in [6, 6.07) is 11.6. The van der Waals surface area contributed by atoms with E-state index in [9.17, 15) is 4.79 Å². The maximum absolute atomic E-state index is 12.9. The van der Waals surface area contributed by atoms with Gasteiger partial charge in [0.25, 0.3) is 0 Å². The van der Waals surface area contributed by atoms with Gasteiger partial charge in [0.1, 0.15) is 5.75 Å². The summed E-state index contributed by atoms with van der Waals surface area (Å²) in [6.07, 6.45) is 7.94. The Labute approximate surface area is 172 Å². The number of carbonyl (C=O) groups excluding carboxylic acids is 1. The summed E-state index contributed by atoms with van der Waals surface area (Å²) in [5, 5.41) is 0. The lowest BCUT2D eigenvalue weighted by Gasteiger charge is -2.28. The van der Waals surface area contributed by atoms with Crippen molar-refractivity contribution in [3.63, 3.8) is 0 Å². The molecule has 1 aromatic carbocycles. The summed E-state index contributed by atoms with van der Waals surface area (Å²) < 4.78 is 10.7. The van der Waals surface area contributed by atoms with Crippen LogP contribution in [0.25, 0.3) is 6.08 Å². The standard InChI is InChI=1S/C23H29N3O3/c1-28-22-5-2-4-20(18-22)6-7-23(27)26(19-21-8-10-24-11-9-21)13-3-12-25-14-16-29-17-15-25/h2,4-11,18H,3,12-17,19H2,1H3/b7-6+. The molecule has 6 heteroatoms. The summed E-state index contributed by atoms with van der Waals surface area (Å²) in [5.74, 6) is 0.783. The molecule has 154 valence electrons. The normalized spacial score (nSPS) is 14.8. The molecule has 1 aliphatic rings. The number of ether oxygens (including phenoxy) is 2. The third-order valence-corrected chi connectivity index (χ3v) is 4.95. The topological polar surface area (TPSA) is 54.9 Å². The van der Waals surface area contributed by atoms with Gasteiger partial charge in [0, 0.05) is 51.2 Å². The molecule has 1 saturated heterocycles. The zero-order chi connectivity index (χ0) is 20.3. The molecule has 0 saturated carbocycles. The van der Waals surface area contributed by atoms with E-state index in [1.807, 2.05) is 47.4 Å². The monoisotopic (exact) mass is 395 g/mol. The van der Waals surface area contributed by atoms with E-state index in [2.05, 4.69) is 9.88 Å². The minimum atomic E-state index is 0.00612. The Bertz CT molecular complexity index is 789. The number of amides is 1. The van der Waals surface area contributed by atoms with Gasteiger partial charge in [0.15, 0.2) is 0 Å². The van der Waals surface area contributed by atoms with Crippen LogP contribution in [0.2, 0.25) is 0 Å². The Morgan fingerprint density at radius 2 is 2.03 bits per heavy atom. The first-order valence-corrected chi connectivity index (χ1v) is 10.0. The second-order valence-electron chi connectivity index (χ2n) is 7.03. The van der Waals surface area contributed by atoms with Gasteiger partial charge in [-0.05, 0) is 47.9 Å². The second kappa shape index (κ2) is 11.3. The number of methoxy groups -OCH3 is 1. The van der Waals surface area contributed by atoms with E-state index < -0.39 is 0 Å². The molecule has 1 aliphatic heterocycles. The molecule has 0 aliphatic carbocycles. The molecule has 1 fully saturated rings. The Kier molecular flexibility index (Phi) is 8.22. The summed E-state index contributed by atoms with van der Waals surface area (Å²) in [5.41, 5.74) is 2.02. The molecule has 1 amide bonds. The molecule has 0 spiro atoms. The van der Waals surface area contributed by atoms with Crippen molar-refractivity contribution in [2.24, 2.45) is 0 Å². The third kappa shape index (κ3) is 7.00. The van der Waals surface area contributed by atoms with E-state index in [1.165, 1.54) is 0 Å². The van der Waals surface area contributed by atoms with Crippen LogP contribution >= 0.6 is 0 Å². The van der Waals surface area contributed by atoms with Crippen molar-refractivity contribution in [1.29, 1.82) is 0 Å². The number of hydrogen-bond donors (Lipinski definition) is 0. The minimum absolute atomic E-state index is 0.00612. The van der Waals surface area contributed by atoms with Crippen LogP contribution in [-0.2, 0) is 16.1 Å². The summed E-state index contributed by atoms with van der Waals surface area (Å²) in [7, 11) is 1.64. The fourth-order valence-electron chi connectivity index (χ4n) is 3.30. The van der Waals surface area contributed by atoms with E-state index in [0.29, 0.717) is 13.1 Å². The number of rotatable bonds is 9. The quantitative estimate of drug-likeness (QED) is 0.611. The van der Waals surface area contributed by atoms with Gasteiger partial charge >= 0.3 is 0 Å².